The summed E-state index contributed by atoms with van der Waals surface area (Å²) in [7, 11) is 3.72. The minimum absolute atomic E-state index is 0.542. The average Bonchev–Trinajstić information content (AvgIpc) is 2.28. The van der Waals surface area contributed by atoms with E-state index in [1.54, 1.807) is 12.1 Å². The molecule has 1 aromatic carbocycles. The van der Waals surface area contributed by atoms with Crippen molar-refractivity contribution in [2.45, 2.75) is 13.0 Å². The van der Waals surface area contributed by atoms with Gasteiger partial charge in [0.05, 0.1) is 11.4 Å². The van der Waals surface area contributed by atoms with E-state index in [1.165, 1.54) is 6.92 Å². The Morgan fingerprint density at radius 2 is 1.89 bits per heavy atom. The number of carboxylic acids is 1. The number of aliphatic carboxylic acids is 1. The van der Waals surface area contributed by atoms with Gasteiger partial charge in [0.15, 0.2) is 0 Å². The smallest absolute Gasteiger partial charge is 0.325 e. The third kappa shape index (κ3) is 3.65. The van der Waals surface area contributed by atoms with Crippen LogP contribution in [0, 0.1) is 0 Å². The number of nitrogens with zero attached hydrogens (tertiary/aromatic N) is 1. The fourth-order valence-corrected chi connectivity index (χ4v) is 1.39. The van der Waals surface area contributed by atoms with Gasteiger partial charge in [0.1, 0.15) is 6.04 Å². The molecule has 0 aliphatic heterocycles. The number of carbonyl (C=O) groups is 2. The second kappa shape index (κ2) is 5.90. The van der Waals surface area contributed by atoms with E-state index in [2.05, 4.69) is 10.6 Å². The fourth-order valence-electron chi connectivity index (χ4n) is 1.39. The van der Waals surface area contributed by atoms with Crippen molar-refractivity contribution in [3.05, 3.63) is 24.3 Å². The third-order valence-electron chi connectivity index (χ3n) is 2.35. The van der Waals surface area contributed by atoms with Gasteiger partial charge in [-0.05, 0) is 19.1 Å². The lowest BCUT2D eigenvalue weighted by molar-refractivity contribution is -0.138. The monoisotopic (exact) mass is 251 g/mol. The summed E-state index contributed by atoms with van der Waals surface area (Å²) in [5, 5.41) is 13.6. The molecule has 0 fully saturated rings. The highest BCUT2D eigenvalue weighted by Gasteiger charge is 2.14. The normalized spacial score (nSPS) is 11.5. The molecule has 0 saturated heterocycles. The van der Waals surface area contributed by atoms with Crippen LogP contribution in [0.25, 0.3) is 0 Å². The molecule has 0 unspecified atom stereocenters. The molecule has 18 heavy (non-hydrogen) atoms. The van der Waals surface area contributed by atoms with Crippen LogP contribution in [0.15, 0.2) is 24.3 Å². The van der Waals surface area contributed by atoms with Gasteiger partial charge in [0.2, 0.25) is 0 Å². The van der Waals surface area contributed by atoms with Crippen LogP contribution in [-0.2, 0) is 4.79 Å². The first-order valence-corrected chi connectivity index (χ1v) is 5.48. The maximum Gasteiger partial charge on any atom is 0.325 e. The molecule has 6 heteroatoms. The van der Waals surface area contributed by atoms with Crippen molar-refractivity contribution >= 4 is 23.4 Å². The molecule has 0 aliphatic carbocycles. The molecular weight excluding hydrogens is 234 g/mol. The number of rotatable bonds is 4. The maximum absolute atomic E-state index is 11.6. The summed E-state index contributed by atoms with van der Waals surface area (Å²) in [6.07, 6.45) is 0. The Bertz CT molecular complexity index is 446. The molecule has 2 amide bonds. The molecule has 0 saturated carbocycles. The highest BCUT2D eigenvalue weighted by molar-refractivity contribution is 5.95. The van der Waals surface area contributed by atoms with Gasteiger partial charge in [-0.2, -0.15) is 0 Å². The van der Waals surface area contributed by atoms with Crippen molar-refractivity contribution in [3.8, 4) is 0 Å². The topological polar surface area (TPSA) is 81.7 Å². The van der Waals surface area contributed by atoms with Crippen LogP contribution < -0.4 is 15.5 Å². The van der Waals surface area contributed by atoms with Gasteiger partial charge in [-0.15, -0.1) is 0 Å². The predicted octanol–water partition coefficient (Wildman–Crippen LogP) is 1.35. The Kier molecular flexibility index (Phi) is 4.53. The van der Waals surface area contributed by atoms with E-state index >= 15 is 0 Å². The third-order valence-corrected chi connectivity index (χ3v) is 2.35. The number of hydrogen-bond donors (Lipinski definition) is 3. The summed E-state index contributed by atoms with van der Waals surface area (Å²) >= 11 is 0. The predicted molar refractivity (Wildman–Crippen MR) is 70.0 cm³/mol. The van der Waals surface area contributed by atoms with Crippen LogP contribution in [0.2, 0.25) is 0 Å². The van der Waals surface area contributed by atoms with Crippen molar-refractivity contribution in [1.29, 1.82) is 0 Å². The van der Waals surface area contributed by atoms with Gasteiger partial charge >= 0.3 is 12.0 Å². The summed E-state index contributed by atoms with van der Waals surface area (Å²) in [5.74, 6) is -1.08. The van der Waals surface area contributed by atoms with Crippen LogP contribution in [0.4, 0.5) is 16.2 Å². The first-order chi connectivity index (χ1) is 8.41. The first-order valence-electron chi connectivity index (χ1n) is 5.48. The summed E-state index contributed by atoms with van der Waals surface area (Å²) < 4.78 is 0. The van der Waals surface area contributed by atoms with Gasteiger partial charge < -0.3 is 20.6 Å². The molecule has 0 radical (unpaired) electrons. The van der Waals surface area contributed by atoms with E-state index in [1.807, 2.05) is 31.1 Å². The fraction of sp³-hybridized carbons (Fsp3) is 0.333. The summed E-state index contributed by atoms with van der Waals surface area (Å²) in [6.45, 7) is 1.40. The van der Waals surface area contributed by atoms with E-state index in [-0.39, 0.29) is 0 Å². The number of para-hydroxylation sites is 2. The largest absolute Gasteiger partial charge is 0.480 e. The van der Waals surface area contributed by atoms with Crippen molar-refractivity contribution in [3.63, 3.8) is 0 Å². The lowest BCUT2D eigenvalue weighted by Gasteiger charge is -2.18. The Morgan fingerprint density at radius 1 is 1.28 bits per heavy atom. The van der Waals surface area contributed by atoms with Crippen molar-refractivity contribution in [1.82, 2.24) is 5.32 Å². The van der Waals surface area contributed by atoms with Gasteiger partial charge in [-0.25, -0.2) is 4.79 Å². The van der Waals surface area contributed by atoms with Crippen LogP contribution in [-0.4, -0.2) is 37.2 Å². The zero-order chi connectivity index (χ0) is 13.7. The summed E-state index contributed by atoms with van der Waals surface area (Å²) in [6, 6.07) is 5.79. The quantitative estimate of drug-likeness (QED) is 0.754. The molecule has 6 nitrogen and oxygen atoms in total. The standard InChI is InChI=1S/C12H17N3O3/c1-8(11(16)17)13-12(18)14-9-6-4-5-7-10(9)15(2)3/h4-8H,1-3H3,(H,16,17)(H2,13,14,18)/t8-/m1/s1. The van der Waals surface area contributed by atoms with Crippen LogP contribution in [0.5, 0.6) is 0 Å². The lowest BCUT2D eigenvalue weighted by atomic mass is 10.2. The lowest BCUT2D eigenvalue weighted by Crippen LogP contribution is -2.41. The Labute approximate surface area is 106 Å². The number of urea groups is 1. The van der Waals surface area contributed by atoms with Crippen LogP contribution >= 0.6 is 0 Å². The first kappa shape index (κ1) is 13.8. The molecule has 1 atom stereocenters. The molecule has 1 rings (SSSR count). The Morgan fingerprint density at radius 3 is 2.44 bits per heavy atom. The second-order valence-corrected chi connectivity index (χ2v) is 4.07. The molecule has 1 aromatic rings. The number of amides is 2. The number of anilines is 2. The SMILES string of the molecule is C[C@@H](NC(=O)Nc1ccccc1N(C)C)C(=O)O. The zero-order valence-electron chi connectivity index (χ0n) is 10.6. The van der Waals surface area contributed by atoms with Crippen LogP contribution in [0.3, 0.4) is 0 Å². The molecule has 0 bridgehead atoms. The van der Waals surface area contributed by atoms with Crippen LogP contribution in [0.1, 0.15) is 6.92 Å². The van der Waals surface area contributed by atoms with E-state index in [0.29, 0.717) is 5.69 Å². The van der Waals surface area contributed by atoms with Crippen molar-refractivity contribution in [2.75, 3.05) is 24.3 Å². The number of carbonyl (C=O) groups excluding carboxylic acids is 1. The molecule has 98 valence electrons. The van der Waals surface area contributed by atoms with Gasteiger partial charge in [0, 0.05) is 14.1 Å². The highest BCUT2D eigenvalue weighted by atomic mass is 16.4. The maximum atomic E-state index is 11.6. The number of benzene rings is 1. The molecule has 0 spiro atoms. The van der Waals surface area contributed by atoms with E-state index < -0.39 is 18.0 Å². The molecule has 0 aromatic heterocycles. The van der Waals surface area contributed by atoms with Gasteiger partial charge in [0.25, 0.3) is 0 Å². The molecule has 3 N–H and O–H groups in total. The van der Waals surface area contributed by atoms with Gasteiger partial charge in [-0.1, -0.05) is 12.1 Å². The zero-order valence-corrected chi connectivity index (χ0v) is 10.6. The Balaban J connectivity index is 2.73. The van der Waals surface area contributed by atoms with E-state index in [0.717, 1.165) is 5.69 Å². The molecule has 0 heterocycles. The van der Waals surface area contributed by atoms with Crippen molar-refractivity contribution < 1.29 is 14.7 Å². The number of hydrogen-bond acceptors (Lipinski definition) is 3. The molecular formula is C12H17N3O3. The van der Waals surface area contributed by atoms with E-state index in [4.69, 9.17) is 5.11 Å². The van der Waals surface area contributed by atoms with Gasteiger partial charge in [-0.3, -0.25) is 4.79 Å². The number of carboxylic acid groups (broad SMARTS) is 1. The number of nitrogens with one attached hydrogen (secondary N) is 2. The molecule has 0 aliphatic rings. The summed E-state index contributed by atoms with van der Waals surface area (Å²) in [5.41, 5.74) is 1.47. The van der Waals surface area contributed by atoms with E-state index in [9.17, 15) is 9.59 Å². The minimum atomic E-state index is -1.08. The average molecular weight is 251 g/mol. The van der Waals surface area contributed by atoms with Crippen molar-refractivity contribution in [2.24, 2.45) is 0 Å². The highest BCUT2D eigenvalue weighted by Crippen LogP contribution is 2.23. The second-order valence-electron chi connectivity index (χ2n) is 4.07. The summed E-state index contributed by atoms with van der Waals surface area (Å²) in [4.78, 5) is 24.1. The Hall–Kier alpha value is -2.24. The minimum Gasteiger partial charge on any atom is -0.480 e.